The largest absolute Gasteiger partial charge is 0.381 e. The smallest absolute Gasteiger partial charge is 0.246 e. The highest BCUT2D eigenvalue weighted by atomic mass is 127. The average molecular weight is 545 g/mol. The lowest BCUT2D eigenvalue weighted by Gasteiger charge is -2.44. The highest BCUT2D eigenvalue weighted by molar-refractivity contribution is 14.0. The summed E-state index contributed by atoms with van der Waals surface area (Å²) in [5.41, 5.74) is 0.955. The van der Waals surface area contributed by atoms with Gasteiger partial charge in [0.15, 0.2) is 5.96 Å². The Balaban J connectivity index is 0.00000272. The maximum atomic E-state index is 12.8. The maximum absolute atomic E-state index is 12.8. The van der Waals surface area contributed by atoms with E-state index in [9.17, 15) is 4.79 Å². The number of carbonyl (C=O) groups is 1. The number of ether oxygens (including phenoxy) is 1. The molecule has 4 heterocycles. The fourth-order valence-corrected chi connectivity index (χ4v) is 4.84. The number of rotatable bonds is 5. The van der Waals surface area contributed by atoms with Crippen LogP contribution >= 0.6 is 24.0 Å². The van der Waals surface area contributed by atoms with E-state index in [-0.39, 0.29) is 35.4 Å². The van der Waals surface area contributed by atoms with Crippen LogP contribution in [-0.4, -0.2) is 96.0 Å². The number of anilines is 1. The minimum Gasteiger partial charge on any atom is -0.381 e. The van der Waals surface area contributed by atoms with Gasteiger partial charge < -0.3 is 19.9 Å². The molecule has 1 amide bonds. The number of halogens is 1. The van der Waals surface area contributed by atoms with Crippen LogP contribution in [0.3, 0.4) is 0 Å². The Kier molecular flexibility index (Phi) is 8.57. The van der Waals surface area contributed by atoms with E-state index in [0.29, 0.717) is 13.1 Å². The number of guanidine groups is 1. The molecule has 0 spiro atoms. The molecule has 3 aliphatic heterocycles. The van der Waals surface area contributed by atoms with Gasteiger partial charge in [-0.25, -0.2) is 0 Å². The van der Waals surface area contributed by atoms with E-state index in [0.717, 1.165) is 70.4 Å². The summed E-state index contributed by atoms with van der Waals surface area (Å²) in [5, 5.41) is 7.61. The number of aliphatic imine (C=N–C) groups is 1. The summed E-state index contributed by atoms with van der Waals surface area (Å²) < 4.78 is 7.39. The Hall–Kier alpha value is -1.40. The highest BCUT2D eigenvalue weighted by Gasteiger charge is 2.40. The molecule has 3 saturated heterocycles. The Bertz CT molecular complexity index is 757. The van der Waals surface area contributed by atoms with Crippen LogP contribution in [0.4, 0.5) is 5.69 Å². The summed E-state index contributed by atoms with van der Waals surface area (Å²) in [6, 6.07) is 0. The van der Waals surface area contributed by atoms with E-state index in [4.69, 9.17) is 9.73 Å². The van der Waals surface area contributed by atoms with Crippen LogP contribution in [0.2, 0.25) is 0 Å². The van der Waals surface area contributed by atoms with Gasteiger partial charge in [-0.1, -0.05) is 0 Å². The van der Waals surface area contributed by atoms with E-state index in [1.165, 1.54) is 12.8 Å². The first-order valence-corrected chi connectivity index (χ1v) is 11.3. The molecule has 9 nitrogen and oxygen atoms in total. The van der Waals surface area contributed by atoms with Gasteiger partial charge in [-0.15, -0.1) is 24.0 Å². The lowest BCUT2D eigenvalue weighted by atomic mass is 9.88. The van der Waals surface area contributed by atoms with Crippen molar-refractivity contribution in [2.45, 2.75) is 38.1 Å². The van der Waals surface area contributed by atoms with Gasteiger partial charge in [0.05, 0.1) is 18.4 Å². The molecule has 0 saturated carbocycles. The van der Waals surface area contributed by atoms with Crippen molar-refractivity contribution in [2.24, 2.45) is 12.0 Å². The molecule has 0 atom stereocenters. The summed E-state index contributed by atoms with van der Waals surface area (Å²) in [6.45, 7) is 9.30. The predicted octanol–water partition coefficient (Wildman–Crippen LogP) is 1.30. The molecule has 0 aromatic carbocycles. The number of aryl methyl sites for hydroxylation is 1. The Morgan fingerprint density at radius 3 is 2.58 bits per heavy atom. The quantitative estimate of drug-likeness (QED) is 0.342. The number of nitrogens with one attached hydrogen (secondary N) is 1. The SMILES string of the molecule is CCNC(=NCC1(N2CCCC2)CCOCC1)N1CCN(c2cnn(C)c2)C(=O)C1.I. The fraction of sp³-hybridized carbons (Fsp3) is 0.762. The summed E-state index contributed by atoms with van der Waals surface area (Å²) in [6.07, 6.45) is 8.25. The molecule has 0 bridgehead atoms. The minimum atomic E-state index is 0. The fourth-order valence-electron chi connectivity index (χ4n) is 4.84. The van der Waals surface area contributed by atoms with Crippen LogP contribution in [0.15, 0.2) is 17.4 Å². The molecule has 3 fully saturated rings. The van der Waals surface area contributed by atoms with Crippen molar-refractivity contribution in [1.82, 2.24) is 24.9 Å². The molecule has 4 rings (SSSR count). The van der Waals surface area contributed by atoms with Crippen LogP contribution in [0.25, 0.3) is 0 Å². The van der Waals surface area contributed by atoms with E-state index in [2.05, 4.69) is 27.1 Å². The molecule has 174 valence electrons. The first-order valence-electron chi connectivity index (χ1n) is 11.3. The summed E-state index contributed by atoms with van der Waals surface area (Å²) in [5.74, 6) is 0.932. The van der Waals surface area contributed by atoms with Gasteiger partial charge in [0.25, 0.3) is 0 Å². The third-order valence-electron chi connectivity index (χ3n) is 6.58. The molecule has 1 N–H and O–H groups in total. The Morgan fingerprint density at radius 2 is 1.97 bits per heavy atom. The zero-order valence-corrected chi connectivity index (χ0v) is 21.1. The van der Waals surface area contributed by atoms with Crippen molar-refractivity contribution in [1.29, 1.82) is 0 Å². The lowest BCUT2D eigenvalue weighted by Crippen LogP contribution is -2.57. The van der Waals surface area contributed by atoms with Crippen molar-refractivity contribution in [3.63, 3.8) is 0 Å². The van der Waals surface area contributed by atoms with Crippen LogP contribution in [0.1, 0.15) is 32.6 Å². The number of likely N-dealkylation sites (tertiary alicyclic amines) is 1. The number of hydrogen-bond donors (Lipinski definition) is 1. The monoisotopic (exact) mass is 545 g/mol. The second kappa shape index (κ2) is 11.0. The van der Waals surface area contributed by atoms with Crippen molar-refractivity contribution >= 4 is 41.5 Å². The number of carbonyl (C=O) groups excluding carboxylic acids is 1. The summed E-state index contributed by atoms with van der Waals surface area (Å²) in [4.78, 5) is 24.4. The standard InChI is InChI=1S/C21H35N7O2.HI/c1-3-22-20(23-17-21(6-12-30-13-7-21)27-8-4-5-9-27)26-10-11-28(19(29)16-26)18-14-24-25(2)15-18;/h14-15H,3-13,16-17H2,1-2H3,(H,22,23);1H. The van der Waals surface area contributed by atoms with Gasteiger partial charge in [-0.2, -0.15) is 5.10 Å². The topological polar surface area (TPSA) is 78.2 Å². The van der Waals surface area contributed by atoms with Gasteiger partial charge in [0, 0.05) is 51.6 Å². The molecule has 0 radical (unpaired) electrons. The van der Waals surface area contributed by atoms with Crippen molar-refractivity contribution in [3.05, 3.63) is 12.4 Å². The first-order chi connectivity index (χ1) is 14.6. The predicted molar refractivity (Wildman–Crippen MR) is 132 cm³/mol. The van der Waals surface area contributed by atoms with E-state index < -0.39 is 0 Å². The van der Waals surface area contributed by atoms with Gasteiger partial charge in [-0.3, -0.25) is 19.4 Å². The molecule has 3 aliphatic rings. The summed E-state index contributed by atoms with van der Waals surface area (Å²) in [7, 11) is 1.87. The van der Waals surface area contributed by atoms with Gasteiger partial charge in [0.2, 0.25) is 5.91 Å². The van der Waals surface area contributed by atoms with Crippen LogP contribution in [0.5, 0.6) is 0 Å². The molecule has 1 aromatic heterocycles. The molecule has 0 aliphatic carbocycles. The number of piperazine rings is 1. The highest BCUT2D eigenvalue weighted by Crippen LogP contribution is 2.31. The van der Waals surface area contributed by atoms with Gasteiger partial charge >= 0.3 is 0 Å². The third-order valence-corrected chi connectivity index (χ3v) is 6.58. The Labute approximate surface area is 202 Å². The average Bonchev–Trinajstić information content (AvgIpc) is 3.44. The van der Waals surface area contributed by atoms with E-state index in [1.807, 2.05) is 18.1 Å². The lowest BCUT2D eigenvalue weighted by molar-refractivity contribution is -0.120. The second-order valence-electron chi connectivity index (χ2n) is 8.54. The van der Waals surface area contributed by atoms with E-state index in [1.54, 1.807) is 10.9 Å². The Morgan fingerprint density at radius 1 is 1.23 bits per heavy atom. The zero-order chi connectivity index (χ0) is 21.0. The zero-order valence-electron chi connectivity index (χ0n) is 18.8. The normalized spacial score (nSPS) is 22.5. The van der Waals surface area contributed by atoms with E-state index >= 15 is 0 Å². The first kappa shape index (κ1) is 24.2. The molecular formula is C21H36IN7O2. The molecular weight excluding hydrogens is 509 g/mol. The summed E-state index contributed by atoms with van der Waals surface area (Å²) >= 11 is 0. The molecule has 31 heavy (non-hydrogen) atoms. The molecule has 0 unspecified atom stereocenters. The second-order valence-corrected chi connectivity index (χ2v) is 8.54. The molecule has 10 heteroatoms. The maximum Gasteiger partial charge on any atom is 0.246 e. The minimum absolute atomic E-state index is 0. The van der Waals surface area contributed by atoms with Crippen molar-refractivity contribution in [2.75, 3.05) is 63.9 Å². The number of aromatic nitrogens is 2. The van der Waals surface area contributed by atoms with Crippen molar-refractivity contribution < 1.29 is 9.53 Å². The number of amides is 1. The van der Waals surface area contributed by atoms with Crippen molar-refractivity contribution in [3.8, 4) is 0 Å². The van der Waals surface area contributed by atoms with Crippen LogP contribution in [0, 0.1) is 0 Å². The number of nitrogens with zero attached hydrogens (tertiary/aromatic N) is 6. The number of hydrogen-bond acceptors (Lipinski definition) is 5. The molecule has 1 aromatic rings. The van der Waals surface area contributed by atoms with Gasteiger partial charge in [-0.05, 0) is 45.7 Å². The van der Waals surface area contributed by atoms with Crippen LogP contribution in [-0.2, 0) is 16.6 Å². The van der Waals surface area contributed by atoms with Crippen LogP contribution < -0.4 is 10.2 Å². The van der Waals surface area contributed by atoms with Gasteiger partial charge in [0.1, 0.15) is 6.54 Å². The third kappa shape index (κ3) is 5.51.